The van der Waals surface area contributed by atoms with Gasteiger partial charge in [-0.15, -0.1) is 0 Å². The van der Waals surface area contributed by atoms with Gasteiger partial charge in [0.05, 0.1) is 70.6 Å². The number of anilines is 1. The molecule has 0 unspecified atom stereocenters. The number of rotatable bonds is 10. The van der Waals surface area contributed by atoms with Crippen molar-refractivity contribution in [2.45, 2.75) is 30.5 Å². The van der Waals surface area contributed by atoms with Crippen LogP contribution < -0.4 is 14.8 Å². The van der Waals surface area contributed by atoms with Gasteiger partial charge in [-0.3, -0.25) is 4.79 Å². The lowest BCUT2D eigenvalue weighted by atomic mass is 10.2. The van der Waals surface area contributed by atoms with Gasteiger partial charge in [-0.25, -0.2) is 22.7 Å². The Bertz CT molecular complexity index is 1100. The molecule has 1 aromatic rings. The van der Waals surface area contributed by atoms with Gasteiger partial charge in [0.25, 0.3) is 0 Å². The van der Waals surface area contributed by atoms with E-state index in [2.05, 4.69) is 10.0 Å². The number of sulfonamides is 1. The van der Waals surface area contributed by atoms with E-state index in [0.29, 0.717) is 43.1 Å². The minimum atomic E-state index is -5.08. The molecule has 1 atom stereocenters. The van der Waals surface area contributed by atoms with Gasteiger partial charge in [0, 0.05) is 13.1 Å². The minimum absolute atomic E-state index is 0.102. The number of hydrogen-bond acceptors (Lipinski definition) is 7. The van der Waals surface area contributed by atoms with E-state index in [1.165, 1.54) is 18.2 Å². The summed E-state index contributed by atoms with van der Waals surface area (Å²) in [5.74, 6) is -3.52. The van der Waals surface area contributed by atoms with Gasteiger partial charge in [-0.2, -0.15) is 13.2 Å². The lowest BCUT2D eigenvalue weighted by Gasteiger charge is -2.29. The Morgan fingerprint density at radius 1 is 1.15 bits per heavy atom. The maximum absolute atomic E-state index is 13.0. The van der Waals surface area contributed by atoms with Gasteiger partial charge in [0.15, 0.2) is 0 Å². The number of ether oxygens (including phenoxy) is 2. The molecule has 4 N–H and O–H groups in total. The van der Waals surface area contributed by atoms with Gasteiger partial charge in [0.2, 0.25) is 10.0 Å². The van der Waals surface area contributed by atoms with Crippen LogP contribution in [0, 0.1) is 0 Å². The number of halogens is 3. The third kappa shape index (κ3) is 12.5. The molecule has 222 valence electrons. The molecule has 0 radical (unpaired) electrons. The van der Waals surface area contributed by atoms with Crippen LogP contribution in [0.25, 0.3) is 0 Å². The molecule has 1 heterocycles. The van der Waals surface area contributed by atoms with Gasteiger partial charge < -0.3 is 34.4 Å². The van der Waals surface area contributed by atoms with Crippen molar-refractivity contribution < 1.29 is 60.1 Å². The molecule has 2 amide bonds. The second kappa shape index (κ2) is 14.3. The van der Waals surface area contributed by atoms with Crippen LogP contribution in [0.5, 0.6) is 5.75 Å². The van der Waals surface area contributed by atoms with Gasteiger partial charge in [-0.05, 0) is 25.1 Å². The van der Waals surface area contributed by atoms with Crippen LogP contribution in [0.4, 0.5) is 23.7 Å². The van der Waals surface area contributed by atoms with Crippen LogP contribution in [0.2, 0.25) is 0 Å². The van der Waals surface area contributed by atoms with E-state index in [-0.39, 0.29) is 29.6 Å². The summed E-state index contributed by atoms with van der Waals surface area (Å²) in [6.45, 7) is 4.11. The molecular formula is C22H34F3N4O9S+. The Labute approximate surface area is 224 Å². The van der Waals surface area contributed by atoms with E-state index in [0.717, 1.165) is 0 Å². The molecule has 2 rings (SSSR count). The quantitative estimate of drug-likeness (QED) is 0.296. The Hall–Kier alpha value is -3.15. The molecule has 0 spiro atoms. The van der Waals surface area contributed by atoms with E-state index in [4.69, 9.17) is 19.4 Å². The third-order valence-corrected chi connectivity index (χ3v) is 6.37. The highest BCUT2D eigenvalue weighted by Gasteiger charge is 2.38. The number of hydrogen-bond donors (Lipinski definition) is 4. The Morgan fingerprint density at radius 3 is 2.18 bits per heavy atom. The Balaban J connectivity index is 0.000000956. The number of alkyl halides is 3. The van der Waals surface area contributed by atoms with Crippen molar-refractivity contribution in [2.75, 3.05) is 65.9 Å². The predicted octanol–water partition coefficient (Wildman–Crippen LogP) is 1.41. The number of carbonyl (C=O) groups is 3. The number of urea groups is 1. The second-order valence-corrected chi connectivity index (χ2v) is 11.0. The topological polar surface area (TPSA) is 172 Å². The molecule has 0 aliphatic carbocycles. The maximum Gasteiger partial charge on any atom is 0.490 e. The smallest absolute Gasteiger partial charge is 0.490 e. The zero-order valence-corrected chi connectivity index (χ0v) is 22.8. The number of nitrogens with one attached hydrogen (secondary N) is 2. The standard InChI is InChI=1S/C20H32N4O7S.C2HF3O2/c1-5-31-18-7-6-16(13-17(18)21-20(27)23-8-10-30-11-9-23)32(28,29)22-15(12-19(25)26)14-24(2,3)4;3-2(4,5)1(6)7/h6-7,13,15,22H,5,8-12,14H2,1-4H3,(H-,21,25,26,27);(H,6,7)/p+1/t15-;/m1./s1. The lowest BCUT2D eigenvalue weighted by Crippen LogP contribution is -2.49. The first-order chi connectivity index (χ1) is 17.9. The zero-order valence-electron chi connectivity index (χ0n) is 21.9. The van der Waals surface area contributed by atoms with Crippen LogP contribution >= 0.6 is 0 Å². The molecule has 39 heavy (non-hydrogen) atoms. The van der Waals surface area contributed by atoms with Crippen molar-refractivity contribution >= 4 is 33.7 Å². The largest absolute Gasteiger partial charge is 0.492 e. The monoisotopic (exact) mass is 587 g/mol. The highest BCUT2D eigenvalue weighted by molar-refractivity contribution is 7.89. The summed E-state index contributed by atoms with van der Waals surface area (Å²) < 4.78 is 71.4. The molecule has 1 aliphatic rings. The number of nitrogens with zero attached hydrogens (tertiary/aromatic N) is 2. The normalized spacial score (nSPS) is 15.0. The molecule has 1 aliphatic heterocycles. The number of carboxylic acid groups (broad SMARTS) is 2. The van der Waals surface area contributed by atoms with E-state index < -0.39 is 34.2 Å². The fourth-order valence-corrected chi connectivity index (χ4v) is 4.57. The molecular weight excluding hydrogens is 553 g/mol. The van der Waals surface area contributed by atoms with Crippen LogP contribution in [0.1, 0.15) is 13.3 Å². The van der Waals surface area contributed by atoms with Crippen molar-refractivity contribution in [1.82, 2.24) is 9.62 Å². The van der Waals surface area contributed by atoms with Crippen molar-refractivity contribution in [1.29, 1.82) is 0 Å². The lowest BCUT2D eigenvalue weighted by molar-refractivity contribution is -0.871. The molecule has 0 aromatic heterocycles. The van der Waals surface area contributed by atoms with Crippen LogP contribution in [0.15, 0.2) is 23.1 Å². The van der Waals surface area contributed by atoms with E-state index in [9.17, 15) is 36.3 Å². The van der Waals surface area contributed by atoms with Crippen LogP contribution in [0.3, 0.4) is 0 Å². The summed E-state index contributed by atoms with van der Waals surface area (Å²) in [6, 6.07) is 2.96. The molecule has 0 saturated carbocycles. The van der Waals surface area contributed by atoms with Crippen LogP contribution in [-0.4, -0.2) is 119 Å². The maximum atomic E-state index is 13.0. The first-order valence-electron chi connectivity index (χ1n) is 11.6. The highest BCUT2D eigenvalue weighted by Crippen LogP contribution is 2.28. The van der Waals surface area contributed by atoms with Crippen LogP contribution in [-0.2, 0) is 24.3 Å². The van der Waals surface area contributed by atoms with Gasteiger partial charge in [-0.1, -0.05) is 0 Å². The number of carbonyl (C=O) groups excluding carboxylic acids is 1. The van der Waals surface area contributed by atoms with E-state index >= 15 is 0 Å². The number of carboxylic acids is 2. The van der Waals surface area contributed by atoms with Crippen molar-refractivity contribution in [3.05, 3.63) is 18.2 Å². The predicted molar refractivity (Wildman–Crippen MR) is 132 cm³/mol. The average Bonchev–Trinajstić information content (AvgIpc) is 2.78. The molecule has 0 bridgehead atoms. The summed E-state index contributed by atoms with van der Waals surface area (Å²) in [5.41, 5.74) is 0.215. The minimum Gasteiger partial charge on any atom is -0.492 e. The first kappa shape index (κ1) is 33.9. The molecule has 1 fully saturated rings. The summed E-state index contributed by atoms with van der Waals surface area (Å²) in [4.78, 5) is 34.2. The number of benzene rings is 1. The van der Waals surface area contributed by atoms with Gasteiger partial charge in [0.1, 0.15) is 5.75 Å². The summed E-state index contributed by atoms with van der Waals surface area (Å²) in [6.07, 6.45) is -5.44. The van der Waals surface area contributed by atoms with Crippen molar-refractivity contribution in [3.8, 4) is 5.75 Å². The van der Waals surface area contributed by atoms with Crippen molar-refractivity contribution in [2.24, 2.45) is 0 Å². The van der Waals surface area contributed by atoms with Crippen molar-refractivity contribution in [3.63, 3.8) is 0 Å². The number of quaternary nitrogens is 1. The summed E-state index contributed by atoms with van der Waals surface area (Å²) in [5, 5.41) is 19.0. The molecule has 1 aromatic carbocycles. The third-order valence-electron chi connectivity index (χ3n) is 4.85. The fourth-order valence-electron chi connectivity index (χ4n) is 3.32. The van der Waals surface area contributed by atoms with E-state index in [1.807, 2.05) is 21.1 Å². The number of amides is 2. The van der Waals surface area contributed by atoms with Gasteiger partial charge >= 0.3 is 24.1 Å². The molecule has 17 heteroatoms. The fraction of sp³-hybridized carbons (Fsp3) is 0.591. The number of likely N-dealkylation sites (N-methyl/N-ethyl adjacent to an activating group) is 1. The zero-order chi connectivity index (χ0) is 30.0. The molecule has 13 nitrogen and oxygen atoms in total. The second-order valence-electron chi connectivity index (χ2n) is 9.31. The summed E-state index contributed by atoms with van der Waals surface area (Å²) >= 11 is 0. The highest BCUT2D eigenvalue weighted by atomic mass is 32.2. The average molecular weight is 588 g/mol. The first-order valence-corrected chi connectivity index (χ1v) is 13.1. The SMILES string of the molecule is CCOc1ccc(S(=O)(=O)N[C@H](CC(=O)O)C[N+](C)(C)C)cc1NC(=O)N1CCOCC1.O=C(O)C(F)(F)F. The number of morpholine rings is 1. The Morgan fingerprint density at radius 2 is 1.72 bits per heavy atom. The Kier molecular flexibility index (Phi) is 12.4. The van der Waals surface area contributed by atoms with E-state index in [1.54, 1.807) is 11.8 Å². The summed E-state index contributed by atoms with van der Waals surface area (Å²) in [7, 11) is 1.48. The molecule has 1 saturated heterocycles. The number of aliphatic carboxylic acids is 2.